The molecule has 27 heavy (non-hydrogen) atoms. The van der Waals surface area contributed by atoms with Gasteiger partial charge in [0, 0.05) is 17.4 Å². The van der Waals surface area contributed by atoms with Crippen molar-refractivity contribution >= 4 is 17.6 Å². The maximum absolute atomic E-state index is 12.6. The molecule has 2 aromatic carbocycles. The van der Waals surface area contributed by atoms with Crippen LogP contribution in [0.5, 0.6) is 5.75 Å². The molecule has 1 aliphatic heterocycles. The highest BCUT2D eigenvalue weighted by Crippen LogP contribution is 2.25. The van der Waals surface area contributed by atoms with Gasteiger partial charge < -0.3 is 10.1 Å². The Balaban J connectivity index is 1.74. The van der Waals surface area contributed by atoms with E-state index in [1.807, 2.05) is 54.6 Å². The fourth-order valence-electron chi connectivity index (χ4n) is 2.97. The number of guanidine groups is 1. The third kappa shape index (κ3) is 3.39. The van der Waals surface area contributed by atoms with Crippen LogP contribution in [-0.4, -0.2) is 22.6 Å². The van der Waals surface area contributed by atoms with Crippen molar-refractivity contribution in [2.24, 2.45) is 4.99 Å². The standard InChI is InChI=1S/C20H19N5O2/c1-13-12-17(26)25-18(14-6-4-3-5-7-14)23-19(24-20(25)21-13)22-15-8-10-16(27-2)11-9-15/h3-12,18H,1-2H3,(H2,21,22,23,24)/t18-/m0/s1. The number of anilines is 2. The zero-order chi connectivity index (χ0) is 18.8. The number of fused-ring (bicyclic) bond motifs is 1. The van der Waals surface area contributed by atoms with Crippen molar-refractivity contribution < 1.29 is 4.74 Å². The summed E-state index contributed by atoms with van der Waals surface area (Å²) < 4.78 is 6.74. The van der Waals surface area contributed by atoms with Crippen molar-refractivity contribution in [2.75, 3.05) is 17.7 Å². The lowest BCUT2D eigenvalue weighted by atomic mass is 10.1. The number of nitrogens with one attached hydrogen (secondary N) is 2. The van der Waals surface area contributed by atoms with Crippen LogP contribution in [0.25, 0.3) is 0 Å². The van der Waals surface area contributed by atoms with Gasteiger partial charge in [-0.2, -0.15) is 0 Å². The highest BCUT2D eigenvalue weighted by molar-refractivity contribution is 6.03. The van der Waals surface area contributed by atoms with Crippen molar-refractivity contribution in [1.29, 1.82) is 0 Å². The summed E-state index contributed by atoms with van der Waals surface area (Å²) in [7, 11) is 1.63. The van der Waals surface area contributed by atoms with E-state index in [-0.39, 0.29) is 5.56 Å². The van der Waals surface area contributed by atoms with Gasteiger partial charge in [0.05, 0.1) is 7.11 Å². The summed E-state index contributed by atoms with van der Waals surface area (Å²) in [5.41, 5.74) is 2.25. The lowest BCUT2D eigenvalue weighted by Gasteiger charge is -2.27. The molecule has 136 valence electrons. The molecule has 0 aliphatic carbocycles. The molecular weight excluding hydrogens is 342 g/mol. The first kappa shape index (κ1) is 16.8. The van der Waals surface area contributed by atoms with Gasteiger partial charge in [0.1, 0.15) is 5.75 Å². The third-order valence-corrected chi connectivity index (χ3v) is 4.26. The van der Waals surface area contributed by atoms with Crippen molar-refractivity contribution in [3.05, 3.63) is 82.3 Å². The molecule has 0 saturated heterocycles. The first-order chi connectivity index (χ1) is 13.1. The minimum Gasteiger partial charge on any atom is -0.497 e. The van der Waals surface area contributed by atoms with Gasteiger partial charge in [0.2, 0.25) is 11.9 Å². The monoisotopic (exact) mass is 361 g/mol. The fraction of sp³-hybridized carbons (Fsp3) is 0.150. The first-order valence-electron chi connectivity index (χ1n) is 8.55. The van der Waals surface area contributed by atoms with Crippen LogP contribution in [0.3, 0.4) is 0 Å². The average molecular weight is 361 g/mol. The number of nitrogens with zero attached hydrogens (tertiary/aromatic N) is 3. The Hall–Kier alpha value is -3.61. The van der Waals surface area contributed by atoms with Crippen LogP contribution in [0, 0.1) is 6.92 Å². The van der Waals surface area contributed by atoms with Gasteiger partial charge in [0.25, 0.3) is 5.56 Å². The fourth-order valence-corrected chi connectivity index (χ4v) is 2.97. The SMILES string of the molecule is COc1ccc(NC2=N[C@H](c3ccccc3)n3c(nc(C)cc3=O)N2)cc1. The summed E-state index contributed by atoms with van der Waals surface area (Å²) >= 11 is 0. The Morgan fingerprint density at radius 3 is 2.56 bits per heavy atom. The van der Waals surface area contributed by atoms with E-state index in [1.54, 1.807) is 18.6 Å². The first-order valence-corrected chi connectivity index (χ1v) is 8.55. The topological polar surface area (TPSA) is 80.5 Å². The summed E-state index contributed by atoms with van der Waals surface area (Å²) in [6.07, 6.45) is -0.496. The van der Waals surface area contributed by atoms with E-state index >= 15 is 0 Å². The molecule has 0 amide bonds. The second-order valence-corrected chi connectivity index (χ2v) is 6.17. The number of aromatic nitrogens is 2. The Kier molecular flexibility index (Phi) is 4.33. The average Bonchev–Trinajstić information content (AvgIpc) is 2.68. The zero-order valence-corrected chi connectivity index (χ0v) is 15.0. The van der Waals surface area contributed by atoms with Crippen LogP contribution < -0.4 is 20.9 Å². The van der Waals surface area contributed by atoms with Gasteiger partial charge in [-0.1, -0.05) is 30.3 Å². The van der Waals surface area contributed by atoms with Crippen LogP contribution in [0.4, 0.5) is 11.6 Å². The van der Waals surface area contributed by atoms with Crippen molar-refractivity contribution in [1.82, 2.24) is 9.55 Å². The molecule has 7 nitrogen and oxygen atoms in total. The molecular formula is C20H19N5O2. The molecule has 0 fully saturated rings. The van der Waals surface area contributed by atoms with E-state index < -0.39 is 6.17 Å². The largest absolute Gasteiger partial charge is 0.497 e. The quantitative estimate of drug-likeness (QED) is 0.750. The lowest BCUT2D eigenvalue weighted by molar-refractivity contribution is 0.415. The maximum atomic E-state index is 12.6. The predicted octanol–water partition coefficient (Wildman–Crippen LogP) is 3.00. The molecule has 3 aromatic rings. The van der Waals surface area contributed by atoms with Gasteiger partial charge in [-0.15, -0.1) is 0 Å². The van der Waals surface area contributed by atoms with Gasteiger partial charge in [0.15, 0.2) is 6.17 Å². The van der Waals surface area contributed by atoms with Crippen LogP contribution in [0.1, 0.15) is 17.4 Å². The molecule has 0 unspecified atom stereocenters. The normalized spacial score (nSPS) is 15.3. The number of ether oxygens (including phenoxy) is 1. The second-order valence-electron chi connectivity index (χ2n) is 6.17. The van der Waals surface area contributed by atoms with E-state index in [0.29, 0.717) is 17.6 Å². The molecule has 4 rings (SSSR count). The highest BCUT2D eigenvalue weighted by atomic mass is 16.5. The molecule has 7 heteroatoms. The summed E-state index contributed by atoms with van der Waals surface area (Å²) in [6.45, 7) is 1.80. The molecule has 0 bridgehead atoms. The van der Waals surface area contributed by atoms with Crippen molar-refractivity contribution in [3.8, 4) is 5.75 Å². The summed E-state index contributed by atoms with van der Waals surface area (Å²) in [4.78, 5) is 21.8. The molecule has 0 saturated carbocycles. The van der Waals surface area contributed by atoms with Crippen LogP contribution in [0.15, 0.2) is 70.5 Å². The molecule has 1 aliphatic rings. The summed E-state index contributed by atoms with van der Waals surface area (Å²) in [6, 6.07) is 18.7. The van der Waals surface area contributed by atoms with Crippen molar-refractivity contribution in [2.45, 2.75) is 13.1 Å². The minimum absolute atomic E-state index is 0.147. The van der Waals surface area contributed by atoms with E-state index in [4.69, 9.17) is 9.73 Å². The molecule has 1 atom stereocenters. The van der Waals surface area contributed by atoms with Crippen LogP contribution in [0.2, 0.25) is 0 Å². The number of methoxy groups -OCH3 is 1. The number of aryl methyl sites for hydroxylation is 1. The Labute approximate surface area is 156 Å². The Bertz CT molecular complexity index is 1040. The molecule has 0 radical (unpaired) electrons. The number of benzene rings is 2. The van der Waals surface area contributed by atoms with Crippen LogP contribution >= 0.6 is 0 Å². The Morgan fingerprint density at radius 1 is 1.11 bits per heavy atom. The number of hydrogen-bond acceptors (Lipinski definition) is 6. The maximum Gasteiger partial charge on any atom is 0.257 e. The molecule has 0 spiro atoms. The second kappa shape index (κ2) is 6.95. The summed E-state index contributed by atoms with van der Waals surface area (Å²) in [5, 5.41) is 6.35. The lowest BCUT2D eigenvalue weighted by Crippen LogP contribution is -2.37. The number of rotatable bonds is 3. The minimum atomic E-state index is -0.496. The number of aliphatic imine (C=N–C) groups is 1. The van der Waals surface area contributed by atoms with E-state index in [0.717, 1.165) is 17.0 Å². The molecule has 2 heterocycles. The van der Waals surface area contributed by atoms with Crippen molar-refractivity contribution in [3.63, 3.8) is 0 Å². The Morgan fingerprint density at radius 2 is 1.85 bits per heavy atom. The highest BCUT2D eigenvalue weighted by Gasteiger charge is 2.24. The molecule has 2 N–H and O–H groups in total. The smallest absolute Gasteiger partial charge is 0.257 e. The number of hydrogen-bond donors (Lipinski definition) is 2. The predicted molar refractivity (Wildman–Crippen MR) is 105 cm³/mol. The van der Waals surface area contributed by atoms with Gasteiger partial charge in [-0.05, 0) is 36.8 Å². The van der Waals surface area contributed by atoms with Crippen LogP contribution in [-0.2, 0) is 0 Å². The van der Waals surface area contributed by atoms with E-state index in [1.165, 1.54) is 6.07 Å². The van der Waals surface area contributed by atoms with E-state index in [9.17, 15) is 4.79 Å². The van der Waals surface area contributed by atoms with Gasteiger partial charge in [-0.3, -0.25) is 14.7 Å². The summed E-state index contributed by atoms with van der Waals surface area (Å²) in [5.74, 6) is 1.75. The van der Waals surface area contributed by atoms with E-state index in [2.05, 4.69) is 15.6 Å². The molecule has 1 aromatic heterocycles. The zero-order valence-electron chi connectivity index (χ0n) is 15.0. The van der Waals surface area contributed by atoms with Gasteiger partial charge >= 0.3 is 0 Å². The van der Waals surface area contributed by atoms with Gasteiger partial charge in [-0.25, -0.2) is 9.98 Å². The third-order valence-electron chi connectivity index (χ3n) is 4.26.